The van der Waals surface area contributed by atoms with Crippen molar-refractivity contribution in [2.45, 2.75) is 103 Å². The molecular formula is C26H52NO8P. The molecule has 214 valence electrons. The number of ketones is 1. The van der Waals surface area contributed by atoms with Crippen molar-refractivity contribution in [2.75, 3.05) is 54.1 Å². The molecule has 10 heteroatoms. The van der Waals surface area contributed by atoms with E-state index in [0.29, 0.717) is 17.6 Å². The van der Waals surface area contributed by atoms with Gasteiger partial charge in [0.1, 0.15) is 31.5 Å². The second kappa shape index (κ2) is 21.1. The van der Waals surface area contributed by atoms with Gasteiger partial charge >= 0.3 is 5.97 Å². The molecule has 0 N–H and O–H groups in total. The number of ether oxygens (including phenoxy) is 2. The van der Waals surface area contributed by atoms with Crippen molar-refractivity contribution in [3.8, 4) is 0 Å². The van der Waals surface area contributed by atoms with E-state index in [9.17, 15) is 19.0 Å². The van der Waals surface area contributed by atoms with Gasteiger partial charge in [-0.15, -0.1) is 0 Å². The predicted octanol–water partition coefficient (Wildman–Crippen LogP) is 4.80. The zero-order valence-corrected chi connectivity index (χ0v) is 24.4. The first kappa shape index (κ1) is 35.2. The van der Waals surface area contributed by atoms with Gasteiger partial charge in [-0.3, -0.25) is 14.2 Å². The third-order valence-electron chi connectivity index (χ3n) is 5.57. The summed E-state index contributed by atoms with van der Waals surface area (Å²) in [4.78, 5) is 35.1. The van der Waals surface area contributed by atoms with Crippen LogP contribution in [-0.2, 0) is 32.7 Å². The van der Waals surface area contributed by atoms with Crippen molar-refractivity contribution >= 4 is 19.6 Å². The van der Waals surface area contributed by atoms with E-state index in [1.807, 2.05) is 21.1 Å². The topological polar surface area (TPSA) is 111 Å². The maximum atomic E-state index is 12.0. The average Bonchev–Trinajstić information content (AvgIpc) is 2.76. The number of unbranched alkanes of at least 4 members (excludes halogenated alkanes) is 11. The third kappa shape index (κ3) is 24.8. The minimum absolute atomic E-state index is 0.0133. The van der Waals surface area contributed by atoms with Crippen LogP contribution in [-0.4, -0.2) is 76.5 Å². The Morgan fingerprint density at radius 2 is 1.33 bits per heavy atom. The number of quaternary nitrogens is 1. The second-order valence-electron chi connectivity index (χ2n) is 10.5. The highest BCUT2D eigenvalue weighted by molar-refractivity contribution is 7.45. The van der Waals surface area contributed by atoms with Crippen LogP contribution in [0.2, 0.25) is 0 Å². The Labute approximate surface area is 219 Å². The Balaban J connectivity index is 4.15. The van der Waals surface area contributed by atoms with Crippen LogP contribution < -0.4 is 4.89 Å². The molecule has 0 heterocycles. The summed E-state index contributed by atoms with van der Waals surface area (Å²) in [6, 6.07) is 0. The Morgan fingerprint density at radius 3 is 1.83 bits per heavy atom. The van der Waals surface area contributed by atoms with E-state index in [-0.39, 0.29) is 25.4 Å². The monoisotopic (exact) mass is 537 g/mol. The molecule has 0 saturated carbocycles. The first-order chi connectivity index (χ1) is 16.9. The van der Waals surface area contributed by atoms with Crippen molar-refractivity contribution < 1.29 is 42.1 Å². The number of phosphoric acid groups is 1. The molecular weight excluding hydrogens is 485 g/mol. The van der Waals surface area contributed by atoms with Gasteiger partial charge in [-0.1, -0.05) is 77.6 Å². The summed E-state index contributed by atoms with van der Waals surface area (Å²) in [5.41, 5.74) is 0. The molecule has 0 bridgehead atoms. The highest BCUT2D eigenvalue weighted by Gasteiger charge is 2.21. The number of phosphoric ester groups is 1. The molecule has 0 saturated heterocycles. The summed E-state index contributed by atoms with van der Waals surface area (Å²) in [6.45, 7) is 4.02. The molecule has 0 aliphatic carbocycles. The molecule has 0 radical (unpaired) electrons. The number of esters is 1. The molecule has 0 spiro atoms. The van der Waals surface area contributed by atoms with Crippen molar-refractivity contribution in [3.05, 3.63) is 0 Å². The van der Waals surface area contributed by atoms with Crippen molar-refractivity contribution in [1.82, 2.24) is 0 Å². The quantitative estimate of drug-likeness (QED) is 0.0537. The van der Waals surface area contributed by atoms with Crippen molar-refractivity contribution in [1.29, 1.82) is 0 Å². The van der Waals surface area contributed by atoms with Crippen LogP contribution >= 0.6 is 7.82 Å². The highest BCUT2D eigenvalue weighted by atomic mass is 31.2. The minimum atomic E-state index is -4.55. The summed E-state index contributed by atoms with van der Waals surface area (Å²) in [5, 5.41) is 0. The molecule has 9 nitrogen and oxygen atoms in total. The van der Waals surface area contributed by atoms with E-state index in [1.165, 1.54) is 64.7 Å². The van der Waals surface area contributed by atoms with Crippen LogP contribution in [0.15, 0.2) is 0 Å². The largest absolute Gasteiger partial charge is 0.756 e. The summed E-state index contributed by atoms with van der Waals surface area (Å²) >= 11 is 0. The van der Waals surface area contributed by atoms with Gasteiger partial charge in [-0.05, 0) is 13.3 Å². The van der Waals surface area contributed by atoms with Gasteiger partial charge in [0.25, 0.3) is 7.82 Å². The van der Waals surface area contributed by atoms with Crippen LogP contribution in [0.4, 0.5) is 0 Å². The van der Waals surface area contributed by atoms with Gasteiger partial charge in [-0.25, -0.2) is 0 Å². The molecule has 2 atom stereocenters. The Kier molecular flexibility index (Phi) is 20.7. The number of Topliss-reactive ketones (excluding diaryl/α,β-unsaturated/α-hetero) is 1. The van der Waals surface area contributed by atoms with Crippen LogP contribution in [0.5, 0.6) is 0 Å². The fourth-order valence-electron chi connectivity index (χ4n) is 3.45. The molecule has 0 fully saturated rings. The van der Waals surface area contributed by atoms with E-state index in [1.54, 1.807) is 0 Å². The van der Waals surface area contributed by atoms with E-state index >= 15 is 0 Å². The fraction of sp³-hybridized carbons (Fsp3) is 0.923. The van der Waals surface area contributed by atoms with Crippen molar-refractivity contribution in [2.24, 2.45) is 0 Å². The minimum Gasteiger partial charge on any atom is -0.756 e. The Hall–Kier alpha value is -0.830. The normalized spacial score (nSPS) is 14.4. The number of hydrogen-bond acceptors (Lipinski definition) is 8. The first-order valence-electron chi connectivity index (χ1n) is 13.6. The summed E-state index contributed by atoms with van der Waals surface area (Å²) in [6.07, 6.45) is 13.6. The number of rotatable bonds is 25. The van der Waals surface area contributed by atoms with E-state index < -0.39 is 26.5 Å². The van der Waals surface area contributed by atoms with Crippen LogP contribution in [0, 0.1) is 0 Å². The molecule has 0 rings (SSSR count). The lowest BCUT2D eigenvalue weighted by Crippen LogP contribution is -2.37. The zero-order valence-electron chi connectivity index (χ0n) is 23.5. The van der Waals surface area contributed by atoms with Gasteiger partial charge in [0.05, 0.1) is 34.4 Å². The Morgan fingerprint density at radius 1 is 0.806 bits per heavy atom. The molecule has 2 unspecified atom stereocenters. The standard InChI is InChI=1S/C26H52NO8P/c1-6-7-8-9-10-11-12-13-14-15-16-17-19-32-22-25(35-26(29)21-24(2)28)23-34-36(30,31)33-20-18-27(3,4)5/h25H,6-23H2,1-5H3. The smallest absolute Gasteiger partial charge is 0.313 e. The molecule has 0 aromatic heterocycles. The molecule has 0 aromatic rings. The maximum absolute atomic E-state index is 12.0. The number of carbonyl (C=O) groups excluding carboxylic acids is 2. The maximum Gasteiger partial charge on any atom is 0.313 e. The van der Waals surface area contributed by atoms with Gasteiger partial charge in [-0.2, -0.15) is 0 Å². The zero-order chi connectivity index (χ0) is 27.3. The van der Waals surface area contributed by atoms with E-state index in [2.05, 4.69) is 6.92 Å². The van der Waals surface area contributed by atoms with Crippen LogP contribution in [0.1, 0.15) is 97.3 Å². The number of likely N-dealkylation sites (N-methyl/N-ethyl adjacent to an activating group) is 1. The summed E-state index contributed by atoms with van der Waals surface area (Å²) in [5.74, 6) is -1.08. The van der Waals surface area contributed by atoms with Crippen LogP contribution in [0.25, 0.3) is 0 Å². The summed E-state index contributed by atoms with van der Waals surface area (Å²) in [7, 11) is 1.19. The Bertz CT molecular complexity index is 624. The average molecular weight is 538 g/mol. The SMILES string of the molecule is CCCCCCCCCCCCCCOCC(COP(=O)([O-])OCC[N+](C)(C)C)OC(=O)CC(C)=O. The van der Waals surface area contributed by atoms with Crippen LogP contribution in [0.3, 0.4) is 0 Å². The number of hydrogen-bond donors (Lipinski definition) is 0. The number of carbonyl (C=O) groups is 2. The van der Waals surface area contributed by atoms with E-state index in [4.69, 9.17) is 18.5 Å². The first-order valence-corrected chi connectivity index (χ1v) is 15.1. The fourth-order valence-corrected chi connectivity index (χ4v) is 4.17. The molecule has 0 aliphatic rings. The predicted molar refractivity (Wildman–Crippen MR) is 139 cm³/mol. The third-order valence-corrected chi connectivity index (χ3v) is 6.53. The lowest BCUT2D eigenvalue weighted by atomic mass is 10.1. The van der Waals surface area contributed by atoms with Gasteiger partial charge in [0.15, 0.2) is 0 Å². The lowest BCUT2D eigenvalue weighted by molar-refractivity contribution is -0.870. The van der Waals surface area contributed by atoms with Gasteiger partial charge in [0, 0.05) is 6.61 Å². The van der Waals surface area contributed by atoms with Crippen molar-refractivity contribution in [3.63, 3.8) is 0 Å². The number of nitrogens with zero attached hydrogens (tertiary/aromatic N) is 1. The molecule has 0 amide bonds. The van der Waals surface area contributed by atoms with E-state index in [0.717, 1.165) is 19.3 Å². The molecule has 36 heavy (non-hydrogen) atoms. The van der Waals surface area contributed by atoms with Gasteiger partial charge in [0.2, 0.25) is 0 Å². The van der Waals surface area contributed by atoms with Gasteiger partial charge < -0.3 is 27.9 Å². The molecule has 0 aromatic carbocycles. The summed E-state index contributed by atoms with van der Waals surface area (Å²) < 4.78 is 33.2. The molecule has 0 aliphatic heterocycles. The highest BCUT2D eigenvalue weighted by Crippen LogP contribution is 2.38. The lowest BCUT2D eigenvalue weighted by Gasteiger charge is -2.28. The second-order valence-corrected chi connectivity index (χ2v) is 12.0.